The Morgan fingerprint density at radius 1 is 1.42 bits per heavy atom. The quantitative estimate of drug-likeness (QED) is 0.608. The lowest BCUT2D eigenvalue weighted by Gasteiger charge is -2.07. The first-order valence-corrected chi connectivity index (χ1v) is 6.03. The molecule has 1 saturated carbocycles. The number of halogens is 1. The van der Waals surface area contributed by atoms with E-state index < -0.39 is 10.7 Å². The van der Waals surface area contributed by atoms with Gasteiger partial charge in [-0.15, -0.1) is 0 Å². The molecule has 7 heteroatoms. The summed E-state index contributed by atoms with van der Waals surface area (Å²) in [4.78, 5) is 21.3. The van der Waals surface area contributed by atoms with Gasteiger partial charge in [0, 0.05) is 30.8 Å². The van der Waals surface area contributed by atoms with Crippen LogP contribution in [0.15, 0.2) is 18.2 Å². The van der Waals surface area contributed by atoms with Crippen molar-refractivity contribution in [3.05, 3.63) is 34.1 Å². The minimum atomic E-state index is -0.681. The van der Waals surface area contributed by atoms with Gasteiger partial charge in [-0.25, -0.2) is 4.39 Å². The van der Waals surface area contributed by atoms with E-state index in [1.807, 2.05) is 0 Å². The van der Waals surface area contributed by atoms with Crippen molar-refractivity contribution in [1.29, 1.82) is 0 Å². The third kappa shape index (κ3) is 4.20. The second kappa shape index (κ2) is 5.64. The number of non-ortho nitro benzene ring substituents is 1. The first kappa shape index (κ1) is 13.3. The van der Waals surface area contributed by atoms with Crippen LogP contribution >= 0.6 is 0 Å². The summed E-state index contributed by atoms with van der Waals surface area (Å²) in [5, 5.41) is 16.2. The van der Waals surface area contributed by atoms with Crippen LogP contribution in [-0.4, -0.2) is 23.4 Å². The van der Waals surface area contributed by atoms with Crippen molar-refractivity contribution in [3.63, 3.8) is 0 Å². The Labute approximate surface area is 109 Å². The van der Waals surface area contributed by atoms with Gasteiger partial charge in [-0.1, -0.05) is 0 Å². The molecule has 6 nitrogen and oxygen atoms in total. The minimum Gasteiger partial charge on any atom is -0.384 e. The molecule has 1 fully saturated rings. The molecule has 1 aromatic carbocycles. The molecule has 1 aliphatic rings. The molecule has 0 spiro atoms. The Hall–Kier alpha value is -2.18. The summed E-state index contributed by atoms with van der Waals surface area (Å²) in [6.07, 6.45) is 2.30. The third-order valence-electron chi connectivity index (χ3n) is 2.72. The number of nitro benzene ring substituents is 1. The third-order valence-corrected chi connectivity index (χ3v) is 2.72. The summed E-state index contributed by atoms with van der Waals surface area (Å²) in [7, 11) is 0. The number of amides is 1. The molecule has 102 valence electrons. The topological polar surface area (TPSA) is 84.3 Å². The largest absolute Gasteiger partial charge is 0.384 e. The van der Waals surface area contributed by atoms with Gasteiger partial charge >= 0.3 is 0 Å². The highest BCUT2D eigenvalue weighted by Crippen LogP contribution is 2.20. The van der Waals surface area contributed by atoms with Gasteiger partial charge in [0.05, 0.1) is 11.0 Å². The molecule has 0 atom stereocenters. The molecular weight excluding hydrogens is 253 g/mol. The van der Waals surface area contributed by atoms with Crippen LogP contribution in [0.25, 0.3) is 0 Å². The van der Waals surface area contributed by atoms with E-state index in [-0.39, 0.29) is 18.0 Å². The van der Waals surface area contributed by atoms with E-state index in [1.54, 1.807) is 0 Å². The Bertz CT molecular complexity index is 503. The average molecular weight is 267 g/mol. The second-order valence-corrected chi connectivity index (χ2v) is 4.47. The number of nitro groups is 1. The predicted molar refractivity (Wildman–Crippen MR) is 67.3 cm³/mol. The fourth-order valence-electron chi connectivity index (χ4n) is 1.63. The summed E-state index contributed by atoms with van der Waals surface area (Å²) < 4.78 is 13.1. The highest BCUT2D eigenvalue weighted by molar-refractivity contribution is 5.77. The molecule has 0 aromatic heterocycles. The van der Waals surface area contributed by atoms with Gasteiger partial charge in [-0.05, 0) is 18.9 Å². The molecular formula is C12H14FN3O3. The zero-order chi connectivity index (χ0) is 13.8. The summed E-state index contributed by atoms with van der Waals surface area (Å²) in [6, 6.07) is 3.56. The molecule has 0 saturated heterocycles. The van der Waals surface area contributed by atoms with Gasteiger partial charge in [0.25, 0.3) is 5.69 Å². The van der Waals surface area contributed by atoms with Crippen LogP contribution < -0.4 is 10.6 Å². The maximum Gasteiger partial charge on any atom is 0.274 e. The SMILES string of the molecule is O=C(CCNc1cc(F)cc([N+](=O)[O-])c1)NC1CC1. The van der Waals surface area contributed by atoms with Gasteiger partial charge in [0.2, 0.25) is 5.91 Å². The second-order valence-electron chi connectivity index (χ2n) is 4.47. The van der Waals surface area contributed by atoms with Crippen molar-refractivity contribution in [2.75, 3.05) is 11.9 Å². The van der Waals surface area contributed by atoms with Crippen molar-refractivity contribution in [3.8, 4) is 0 Å². The molecule has 19 heavy (non-hydrogen) atoms. The maximum atomic E-state index is 13.1. The summed E-state index contributed by atoms with van der Waals surface area (Å²) in [6.45, 7) is 0.305. The molecule has 0 radical (unpaired) electrons. The van der Waals surface area contributed by atoms with Crippen LogP contribution in [-0.2, 0) is 4.79 Å². The Kier molecular flexibility index (Phi) is 3.94. The van der Waals surface area contributed by atoms with Crippen molar-refractivity contribution in [2.24, 2.45) is 0 Å². The first-order valence-electron chi connectivity index (χ1n) is 6.03. The average Bonchev–Trinajstić information content (AvgIpc) is 3.12. The van der Waals surface area contributed by atoms with Gasteiger partial charge in [-0.3, -0.25) is 14.9 Å². The van der Waals surface area contributed by atoms with Gasteiger partial charge < -0.3 is 10.6 Å². The van der Waals surface area contributed by atoms with E-state index in [0.717, 1.165) is 25.0 Å². The van der Waals surface area contributed by atoms with E-state index in [0.29, 0.717) is 18.3 Å². The van der Waals surface area contributed by atoms with E-state index in [4.69, 9.17) is 0 Å². The number of hydrogen-bond acceptors (Lipinski definition) is 4. The highest BCUT2D eigenvalue weighted by Gasteiger charge is 2.22. The number of carbonyl (C=O) groups excluding carboxylic acids is 1. The van der Waals surface area contributed by atoms with Crippen LogP contribution in [0.1, 0.15) is 19.3 Å². The van der Waals surface area contributed by atoms with Crippen molar-refractivity contribution >= 4 is 17.3 Å². The van der Waals surface area contributed by atoms with Crippen LogP contribution in [0.3, 0.4) is 0 Å². The van der Waals surface area contributed by atoms with Crippen LogP contribution in [0.4, 0.5) is 15.8 Å². The van der Waals surface area contributed by atoms with Crippen LogP contribution in [0, 0.1) is 15.9 Å². The fraction of sp³-hybridized carbons (Fsp3) is 0.417. The molecule has 0 heterocycles. The van der Waals surface area contributed by atoms with E-state index in [2.05, 4.69) is 10.6 Å². The lowest BCUT2D eigenvalue weighted by Crippen LogP contribution is -2.27. The summed E-state index contributed by atoms with van der Waals surface area (Å²) >= 11 is 0. The molecule has 2 N–H and O–H groups in total. The van der Waals surface area contributed by atoms with Crippen molar-refractivity contribution < 1.29 is 14.1 Å². The number of rotatable bonds is 6. The normalized spacial score (nSPS) is 13.9. The molecule has 1 aromatic rings. The van der Waals surface area contributed by atoms with Crippen LogP contribution in [0.2, 0.25) is 0 Å². The molecule has 0 bridgehead atoms. The smallest absolute Gasteiger partial charge is 0.274 e. The van der Waals surface area contributed by atoms with Gasteiger partial charge in [-0.2, -0.15) is 0 Å². The van der Waals surface area contributed by atoms with E-state index in [9.17, 15) is 19.3 Å². The Morgan fingerprint density at radius 2 is 2.16 bits per heavy atom. The predicted octanol–water partition coefficient (Wildman–Crippen LogP) is 1.81. The molecule has 0 aliphatic heterocycles. The molecule has 1 aliphatic carbocycles. The van der Waals surface area contributed by atoms with E-state index >= 15 is 0 Å². The zero-order valence-electron chi connectivity index (χ0n) is 10.2. The minimum absolute atomic E-state index is 0.0686. The summed E-state index contributed by atoms with van der Waals surface area (Å²) in [5.74, 6) is -0.750. The Morgan fingerprint density at radius 3 is 2.79 bits per heavy atom. The van der Waals surface area contributed by atoms with Crippen LogP contribution in [0.5, 0.6) is 0 Å². The number of nitrogens with zero attached hydrogens (tertiary/aromatic N) is 1. The van der Waals surface area contributed by atoms with E-state index in [1.165, 1.54) is 6.07 Å². The molecule has 2 rings (SSSR count). The fourth-order valence-corrected chi connectivity index (χ4v) is 1.63. The van der Waals surface area contributed by atoms with Gasteiger partial charge in [0.1, 0.15) is 5.82 Å². The highest BCUT2D eigenvalue weighted by atomic mass is 19.1. The van der Waals surface area contributed by atoms with Crippen molar-refractivity contribution in [1.82, 2.24) is 5.32 Å². The Balaban J connectivity index is 1.84. The molecule has 1 amide bonds. The lowest BCUT2D eigenvalue weighted by atomic mass is 10.2. The number of carbonyl (C=O) groups is 1. The monoisotopic (exact) mass is 267 g/mol. The van der Waals surface area contributed by atoms with Gasteiger partial charge in [0.15, 0.2) is 0 Å². The molecule has 0 unspecified atom stereocenters. The zero-order valence-corrected chi connectivity index (χ0v) is 10.2. The number of hydrogen-bond donors (Lipinski definition) is 2. The standard InChI is InChI=1S/C12H14FN3O3/c13-8-5-10(7-11(6-8)16(18)19)14-4-3-12(17)15-9-1-2-9/h5-7,9,14H,1-4H2,(H,15,17). The van der Waals surface area contributed by atoms with Crippen molar-refractivity contribution in [2.45, 2.75) is 25.3 Å². The maximum absolute atomic E-state index is 13.1. The first-order chi connectivity index (χ1) is 9.04. The summed E-state index contributed by atoms with van der Waals surface area (Å²) in [5.41, 5.74) is -0.0177. The lowest BCUT2D eigenvalue weighted by molar-refractivity contribution is -0.385. The number of nitrogens with one attached hydrogen (secondary N) is 2. The number of anilines is 1. The number of benzene rings is 1.